The highest BCUT2D eigenvalue weighted by Crippen LogP contribution is 2.29. The molecule has 0 unspecified atom stereocenters. The van der Waals surface area contributed by atoms with Gasteiger partial charge in [0, 0.05) is 55.8 Å². The number of hydrogen-bond acceptors (Lipinski definition) is 9. The number of rotatable bonds is 6. The molecule has 0 atom stereocenters. The zero-order chi connectivity index (χ0) is 27.1. The number of pyridine rings is 2. The molecule has 0 amide bonds. The molecular formula is C26H22F3N7O3. The number of nitrogens with zero attached hydrogens (tertiary/aromatic N) is 7. The van der Waals surface area contributed by atoms with E-state index in [2.05, 4.69) is 37.0 Å². The smallest absolute Gasteiger partial charge is 0.415 e. The second kappa shape index (κ2) is 9.98. The minimum absolute atomic E-state index is 0.00169. The number of benzene rings is 1. The highest BCUT2D eigenvalue weighted by Gasteiger charge is 2.19. The van der Waals surface area contributed by atoms with Crippen LogP contribution in [-0.4, -0.2) is 62.9 Å². The Morgan fingerprint density at radius 2 is 1.72 bits per heavy atom. The van der Waals surface area contributed by atoms with E-state index in [-0.39, 0.29) is 29.1 Å². The zero-order valence-electron chi connectivity index (χ0n) is 20.7. The monoisotopic (exact) mass is 537 g/mol. The van der Waals surface area contributed by atoms with Crippen LogP contribution in [0.2, 0.25) is 0 Å². The molecule has 1 aliphatic rings. The van der Waals surface area contributed by atoms with Gasteiger partial charge < -0.3 is 18.6 Å². The zero-order valence-corrected chi connectivity index (χ0v) is 20.7. The molecule has 0 bridgehead atoms. The maximum Gasteiger partial charge on any atom is 0.420 e. The molecule has 13 heteroatoms. The van der Waals surface area contributed by atoms with Gasteiger partial charge in [-0.15, -0.1) is 10.2 Å². The SMILES string of the molecule is CN1CCN(c2ccc(-c3cc4oc(=O)n(Cc5ccc(-c6nnc(C(F)F)o6)cn5)c4cc3F)cn2)CC1. The first-order chi connectivity index (χ1) is 18.9. The van der Waals surface area contributed by atoms with Crippen LogP contribution in [0.4, 0.5) is 19.0 Å². The summed E-state index contributed by atoms with van der Waals surface area (Å²) in [4.78, 5) is 25.8. The minimum Gasteiger partial charge on any atom is -0.415 e. The van der Waals surface area contributed by atoms with E-state index in [1.54, 1.807) is 24.4 Å². The molecule has 5 heterocycles. The lowest BCUT2D eigenvalue weighted by molar-refractivity contribution is 0.116. The first-order valence-corrected chi connectivity index (χ1v) is 12.2. The van der Waals surface area contributed by atoms with Crippen molar-refractivity contribution in [3.63, 3.8) is 0 Å². The predicted molar refractivity (Wildman–Crippen MR) is 135 cm³/mol. The van der Waals surface area contributed by atoms with Crippen LogP contribution in [0.3, 0.4) is 0 Å². The molecule has 0 aliphatic carbocycles. The summed E-state index contributed by atoms with van der Waals surface area (Å²) in [7, 11) is 2.08. The predicted octanol–water partition coefficient (Wildman–Crippen LogP) is 3.98. The number of alkyl halides is 2. The number of oxazole rings is 1. The van der Waals surface area contributed by atoms with Gasteiger partial charge in [0.25, 0.3) is 5.89 Å². The van der Waals surface area contributed by atoms with Gasteiger partial charge in [0.2, 0.25) is 5.89 Å². The maximum absolute atomic E-state index is 15.2. The van der Waals surface area contributed by atoms with Gasteiger partial charge in [-0.05, 0) is 37.4 Å². The van der Waals surface area contributed by atoms with Crippen LogP contribution in [0.1, 0.15) is 18.0 Å². The van der Waals surface area contributed by atoms with Crippen molar-refractivity contribution >= 4 is 16.9 Å². The summed E-state index contributed by atoms with van der Waals surface area (Å²) in [6.07, 6.45) is 0.105. The largest absolute Gasteiger partial charge is 0.420 e. The quantitative estimate of drug-likeness (QED) is 0.318. The molecule has 1 fully saturated rings. The highest BCUT2D eigenvalue weighted by atomic mass is 19.3. The summed E-state index contributed by atoms with van der Waals surface area (Å²) >= 11 is 0. The second-order valence-electron chi connectivity index (χ2n) is 9.23. The number of fused-ring (bicyclic) bond motifs is 1. The van der Waals surface area contributed by atoms with Crippen molar-refractivity contribution in [3.05, 3.63) is 76.7 Å². The minimum atomic E-state index is -2.88. The number of aromatic nitrogens is 5. The lowest BCUT2D eigenvalue weighted by Gasteiger charge is -2.33. The molecule has 0 saturated carbocycles. The molecule has 5 aromatic rings. The van der Waals surface area contributed by atoms with E-state index in [0.29, 0.717) is 16.8 Å². The van der Waals surface area contributed by atoms with E-state index < -0.39 is 23.9 Å². The van der Waals surface area contributed by atoms with Crippen molar-refractivity contribution < 1.29 is 22.0 Å². The van der Waals surface area contributed by atoms with Crippen molar-refractivity contribution in [2.75, 3.05) is 38.1 Å². The van der Waals surface area contributed by atoms with Crippen molar-refractivity contribution in [2.45, 2.75) is 13.0 Å². The average molecular weight is 538 g/mol. The van der Waals surface area contributed by atoms with E-state index >= 15 is 4.39 Å². The average Bonchev–Trinajstić information content (AvgIpc) is 3.55. The fraction of sp³-hybridized carbons (Fsp3) is 0.269. The van der Waals surface area contributed by atoms with Gasteiger partial charge in [-0.25, -0.2) is 14.2 Å². The molecule has 39 heavy (non-hydrogen) atoms. The van der Waals surface area contributed by atoms with Crippen molar-refractivity contribution in [1.82, 2.24) is 29.6 Å². The van der Waals surface area contributed by atoms with E-state index in [1.165, 1.54) is 22.9 Å². The van der Waals surface area contributed by atoms with Crippen LogP contribution >= 0.6 is 0 Å². The normalized spacial score (nSPS) is 14.5. The van der Waals surface area contributed by atoms with E-state index in [4.69, 9.17) is 8.83 Å². The van der Waals surface area contributed by atoms with Crippen LogP contribution in [0.15, 0.2) is 62.4 Å². The Hall–Kier alpha value is -4.52. The van der Waals surface area contributed by atoms with Gasteiger partial charge in [-0.2, -0.15) is 8.78 Å². The van der Waals surface area contributed by atoms with Gasteiger partial charge >= 0.3 is 12.2 Å². The molecule has 1 saturated heterocycles. The third kappa shape index (κ3) is 4.88. The second-order valence-corrected chi connectivity index (χ2v) is 9.23. The first-order valence-electron chi connectivity index (χ1n) is 12.2. The summed E-state index contributed by atoms with van der Waals surface area (Å²) in [5.41, 5.74) is 2.12. The highest BCUT2D eigenvalue weighted by molar-refractivity contribution is 5.81. The Balaban J connectivity index is 1.23. The van der Waals surface area contributed by atoms with Crippen LogP contribution < -0.4 is 10.7 Å². The fourth-order valence-corrected chi connectivity index (χ4v) is 4.47. The van der Waals surface area contributed by atoms with Crippen LogP contribution in [-0.2, 0) is 6.54 Å². The van der Waals surface area contributed by atoms with Crippen LogP contribution in [0, 0.1) is 5.82 Å². The molecule has 200 valence electrons. The van der Waals surface area contributed by atoms with Gasteiger partial charge in [0.05, 0.1) is 23.3 Å². The van der Waals surface area contributed by atoms with E-state index in [1.807, 2.05) is 6.07 Å². The molecule has 0 radical (unpaired) electrons. The summed E-state index contributed by atoms with van der Waals surface area (Å²) < 4.78 is 52.2. The molecule has 0 spiro atoms. The van der Waals surface area contributed by atoms with Gasteiger partial charge in [0.15, 0.2) is 5.58 Å². The van der Waals surface area contributed by atoms with Gasteiger partial charge in [0.1, 0.15) is 11.6 Å². The lowest BCUT2D eigenvalue weighted by Crippen LogP contribution is -2.44. The van der Waals surface area contributed by atoms with Crippen molar-refractivity contribution in [3.8, 4) is 22.6 Å². The number of hydrogen-bond donors (Lipinski definition) is 0. The van der Waals surface area contributed by atoms with Gasteiger partial charge in [-0.1, -0.05) is 0 Å². The molecule has 1 aromatic carbocycles. The molecule has 1 aliphatic heterocycles. The number of anilines is 1. The first kappa shape index (κ1) is 24.8. The summed E-state index contributed by atoms with van der Waals surface area (Å²) in [5, 5.41) is 6.88. The summed E-state index contributed by atoms with van der Waals surface area (Å²) in [5.74, 6) is -1.25. The van der Waals surface area contributed by atoms with E-state index in [0.717, 1.165) is 32.0 Å². The summed E-state index contributed by atoms with van der Waals surface area (Å²) in [6.45, 7) is 3.64. The Labute approximate surface area is 219 Å². The number of likely N-dealkylation sites (N-methyl/N-ethyl adjacent to an activating group) is 1. The molecule has 0 N–H and O–H groups in total. The topological polar surface area (TPSA) is 106 Å². The van der Waals surface area contributed by atoms with Crippen LogP contribution in [0.25, 0.3) is 33.7 Å². The third-order valence-corrected chi connectivity index (χ3v) is 6.66. The fourth-order valence-electron chi connectivity index (χ4n) is 4.47. The molecule has 4 aromatic heterocycles. The summed E-state index contributed by atoms with van der Waals surface area (Å²) in [6, 6.07) is 9.54. The molecule has 6 rings (SSSR count). The standard InChI is InChI=1S/C26H22F3N7O3/c1-34-6-8-35(9-7-34)22-5-3-15(12-31-22)18-10-21-20(11-19(18)27)36(26(37)38-21)14-17-4-2-16(13-30-17)24-32-33-25(39-24)23(28)29/h2-5,10-13,23H,6-9,14H2,1H3. The Morgan fingerprint density at radius 3 is 2.38 bits per heavy atom. The third-order valence-electron chi connectivity index (χ3n) is 6.66. The Morgan fingerprint density at radius 1 is 0.949 bits per heavy atom. The number of halogens is 3. The van der Waals surface area contributed by atoms with Crippen LogP contribution in [0.5, 0.6) is 0 Å². The Kier molecular flexibility index (Phi) is 6.35. The lowest BCUT2D eigenvalue weighted by atomic mass is 10.1. The number of piperazine rings is 1. The van der Waals surface area contributed by atoms with E-state index in [9.17, 15) is 13.6 Å². The molecule has 10 nitrogen and oxygen atoms in total. The van der Waals surface area contributed by atoms with Crippen molar-refractivity contribution in [2.24, 2.45) is 0 Å². The van der Waals surface area contributed by atoms with Gasteiger partial charge in [-0.3, -0.25) is 9.55 Å². The maximum atomic E-state index is 15.2. The molecular weight excluding hydrogens is 515 g/mol. The Bertz CT molecular complexity index is 1670. The van der Waals surface area contributed by atoms with Crippen molar-refractivity contribution in [1.29, 1.82) is 0 Å².